The number of rotatable bonds is 5. The predicted molar refractivity (Wildman–Crippen MR) is 65.0 cm³/mol. The summed E-state index contributed by atoms with van der Waals surface area (Å²) in [5.41, 5.74) is 2.48. The average molecular weight is 206 g/mol. The highest BCUT2D eigenvalue weighted by Gasteiger charge is 2.12. The molecule has 2 nitrogen and oxygen atoms in total. The van der Waals surface area contributed by atoms with Crippen molar-refractivity contribution in [2.24, 2.45) is 5.92 Å². The van der Waals surface area contributed by atoms with Gasteiger partial charge in [-0.1, -0.05) is 20.8 Å². The number of hydrogen-bond donors (Lipinski definition) is 1. The quantitative estimate of drug-likeness (QED) is 0.801. The van der Waals surface area contributed by atoms with Gasteiger partial charge in [-0.3, -0.25) is 4.98 Å². The van der Waals surface area contributed by atoms with Gasteiger partial charge in [0.15, 0.2) is 0 Å². The highest BCUT2D eigenvalue weighted by Crippen LogP contribution is 2.09. The van der Waals surface area contributed by atoms with E-state index in [0.717, 1.165) is 13.0 Å². The molecule has 0 aromatic carbocycles. The molecule has 1 rings (SSSR count). The first-order valence-corrected chi connectivity index (χ1v) is 5.78. The van der Waals surface area contributed by atoms with E-state index in [2.05, 4.69) is 44.1 Å². The van der Waals surface area contributed by atoms with E-state index >= 15 is 0 Å². The fourth-order valence-electron chi connectivity index (χ4n) is 1.74. The van der Waals surface area contributed by atoms with Crippen LogP contribution in [-0.2, 0) is 6.42 Å². The van der Waals surface area contributed by atoms with Gasteiger partial charge in [0.05, 0.1) is 0 Å². The predicted octanol–water partition coefficient (Wildman–Crippen LogP) is 2.57. The van der Waals surface area contributed by atoms with Gasteiger partial charge in [-0.05, 0) is 37.1 Å². The van der Waals surface area contributed by atoms with Gasteiger partial charge in [-0.25, -0.2) is 0 Å². The SMILES string of the molecule is CCNC(Cc1cc(C)ccn1)C(C)C. The van der Waals surface area contributed by atoms with Crippen LogP contribution in [0.4, 0.5) is 0 Å². The maximum atomic E-state index is 4.40. The molecule has 0 aliphatic carbocycles. The van der Waals surface area contributed by atoms with Gasteiger partial charge in [0.25, 0.3) is 0 Å². The first-order valence-electron chi connectivity index (χ1n) is 5.78. The lowest BCUT2D eigenvalue weighted by Gasteiger charge is -2.21. The van der Waals surface area contributed by atoms with Crippen LogP contribution in [0.1, 0.15) is 32.0 Å². The zero-order chi connectivity index (χ0) is 11.3. The van der Waals surface area contributed by atoms with Crippen LogP contribution in [0.15, 0.2) is 18.3 Å². The molecule has 0 saturated carbocycles. The second-order valence-corrected chi connectivity index (χ2v) is 4.44. The van der Waals surface area contributed by atoms with Gasteiger partial charge >= 0.3 is 0 Å². The van der Waals surface area contributed by atoms with Crippen LogP contribution < -0.4 is 5.32 Å². The van der Waals surface area contributed by atoms with Crippen LogP contribution in [0.2, 0.25) is 0 Å². The Bertz CT molecular complexity index is 294. The van der Waals surface area contributed by atoms with Crippen molar-refractivity contribution in [1.29, 1.82) is 0 Å². The molecule has 0 spiro atoms. The summed E-state index contributed by atoms with van der Waals surface area (Å²) < 4.78 is 0. The normalized spacial score (nSPS) is 13.1. The highest BCUT2D eigenvalue weighted by molar-refractivity contribution is 5.15. The van der Waals surface area contributed by atoms with Gasteiger partial charge < -0.3 is 5.32 Å². The summed E-state index contributed by atoms with van der Waals surface area (Å²) >= 11 is 0. The van der Waals surface area contributed by atoms with Crippen LogP contribution >= 0.6 is 0 Å². The third-order valence-electron chi connectivity index (χ3n) is 2.67. The number of hydrogen-bond acceptors (Lipinski definition) is 2. The molecule has 1 unspecified atom stereocenters. The Morgan fingerprint density at radius 3 is 2.67 bits per heavy atom. The van der Waals surface area contributed by atoms with E-state index in [1.54, 1.807) is 0 Å². The van der Waals surface area contributed by atoms with Gasteiger partial charge in [0.1, 0.15) is 0 Å². The minimum atomic E-state index is 0.532. The van der Waals surface area contributed by atoms with Crippen LogP contribution in [-0.4, -0.2) is 17.6 Å². The Hall–Kier alpha value is -0.890. The van der Waals surface area contributed by atoms with Crippen molar-refractivity contribution in [3.63, 3.8) is 0 Å². The number of nitrogens with one attached hydrogen (secondary N) is 1. The summed E-state index contributed by atoms with van der Waals surface area (Å²) in [6, 6.07) is 4.75. The van der Waals surface area contributed by atoms with Crippen LogP contribution in [0.25, 0.3) is 0 Å². The molecule has 1 aromatic heterocycles. The van der Waals surface area contributed by atoms with E-state index in [1.165, 1.54) is 11.3 Å². The third kappa shape index (κ3) is 4.00. The van der Waals surface area contributed by atoms with Gasteiger partial charge in [-0.15, -0.1) is 0 Å². The Balaban J connectivity index is 2.65. The van der Waals surface area contributed by atoms with E-state index in [-0.39, 0.29) is 0 Å². The van der Waals surface area contributed by atoms with Crippen molar-refractivity contribution in [2.75, 3.05) is 6.54 Å². The number of nitrogens with zero attached hydrogens (tertiary/aromatic N) is 1. The summed E-state index contributed by atoms with van der Waals surface area (Å²) in [6.07, 6.45) is 2.92. The first kappa shape index (κ1) is 12.2. The largest absolute Gasteiger partial charge is 0.314 e. The Morgan fingerprint density at radius 1 is 1.40 bits per heavy atom. The van der Waals surface area contributed by atoms with Gasteiger partial charge in [0, 0.05) is 24.4 Å². The van der Waals surface area contributed by atoms with E-state index in [0.29, 0.717) is 12.0 Å². The van der Waals surface area contributed by atoms with E-state index in [4.69, 9.17) is 0 Å². The number of likely N-dealkylation sites (N-methyl/N-ethyl adjacent to an activating group) is 1. The molecule has 1 N–H and O–H groups in total. The molecule has 1 heterocycles. The van der Waals surface area contributed by atoms with Crippen molar-refractivity contribution in [3.8, 4) is 0 Å². The second kappa shape index (κ2) is 5.86. The number of aromatic nitrogens is 1. The number of aryl methyl sites for hydroxylation is 1. The van der Waals surface area contributed by atoms with Gasteiger partial charge in [0.2, 0.25) is 0 Å². The van der Waals surface area contributed by atoms with Crippen LogP contribution in [0.3, 0.4) is 0 Å². The van der Waals surface area contributed by atoms with Crippen LogP contribution in [0.5, 0.6) is 0 Å². The molecule has 0 fully saturated rings. The lowest BCUT2D eigenvalue weighted by atomic mass is 9.98. The highest BCUT2D eigenvalue weighted by atomic mass is 14.9. The molecule has 0 radical (unpaired) electrons. The molecule has 0 saturated heterocycles. The van der Waals surface area contributed by atoms with Crippen molar-refractivity contribution >= 4 is 0 Å². The van der Waals surface area contributed by atoms with Crippen molar-refractivity contribution in [2.45, 2.75) is 40.2 Å². The van der Waals surface area contributed by atoms with Gasteiger partial charge in [-0.2, -0.15) is 0 Å². The molecule has 1 atom stereocenters. The minimum absolute atomic E-state index is 0.532. The standard InChI is InChI=1S/C13H22N2/c1-5-14-13(10(2)3)9-12-8-11(4)6-7-15-12/h6-8,10,13-14H,5,9H2,1-4H3. The molecule has 84 valence electrons. The maximum absolute atomic E-state index is 4.40. The topological polar surface area (TPSA) is 24.9 Å². The Labute approximate surface area is 93.1 Å². The van der Waals surface area contributed by atoms with Crippen LogP contribution in [0, 0.1) is 12.8 Å². The Morgan fingerprint density at radius 2 is 2.13 bits per heavy atom. The molecule has 0 amide bonds. The summed E-state index contributed by atoms with van der Waals surface area (Å²) in [7, 11) is 0. The summed E-state index contributed by atoms with van der Waals surface area (Å²) in [5.74, 6) is 0.646. The lowest BCUT2D eigenvalue weighted by molar-refractivity contribution is 0.402. The third-order valence-corrected chi connectivity index (χ3v) is 2.67. The smallest absolute Gasteiger partial charge is 0.0421 e. The van der Waals surface area contributed by atoms with Crippen molar-refractivity contribution < 1.29 is 0 Å². The zero-order valence-corrected chi connectivity index (χ0v) is 10.2. The van der Waals surface area contributed by atoms with Crippen molar-refractivity contribution in [1.82, 2.24) is 10.3 Å². The minimum Gasteiger partial charge on any atom is -0.314 e. The van der Waals surface area contributed by atoms with E-state index < -0.39 is 0 Å². The molecule has 0 bridgehead atoms. The molecular weight excluding hydrogens is 184 g/mol. The Kier molecular flexibility index (Phi) is 4.76. The molecule has 0 aliphatic rings. The lowest BCUT2D eigenvalue weighted by Crippen LogP contribution is -2.35. The molecular formula is C13H22N2. The number of pyridine rings is 1. The fourth-order valence-corrected chi connectivity index (χ4v) is 1.74. The fraction of sp³-hybridized carbons (Fsp3) is 0.615. The zero-order valence-electron chi connectivity index (χ0n) is 10.2. The summed E-state index contributed by atoms with van der Waals surface area (Å²) in [5, 5.41) is 3.51. The summed E-state index contributed by atoms with van der Waals surface area (Å²) in [4.78, 5) is 4.40. The second-order valence-electron chi connectivity index (χ2n) is 4.44. The van der Waals surface area contributed by atoms with Crippen molar-refractivity contribution in [3.05, 3.63) is 29.6 Å². The molecule has 0 aliphatic heterocycles. The monoisotopic (exact) mass is 206 g/mol. The van der Waals surface area contributed by atoms with E-state index in [9.17, 15) is 0 Å². The first-order chi connectivity index (χ1) is 7.13. The molecule has 1 aromatic rings. The summed E-state index contributed by atoms with van der Waals surface area (Å²) in [6.45, 7) is 9.79. The average Bonchev–Trinajstić information content (AvgIpc) is 2.17. The molecule has 2 heteroatoms. The van der Waals surface area contributed by atoms with E-state index in [1.807, 2.05) is 12.3 Å². The molecule has 15 heavy (non-hydrogen) atoms. The maximum Gasteiger partial charge on any atom is 0.0421 e.